The van der Waals surface area contributed by atoms with E-state index in [1.165, 1.54) is 0 Å². The molecule has 0 radical (unpaired) electrons. The van der Waals surface area contributed by atoms with Crippen molar-refractivity contribution in [1.29, 1.82) is 0 Å². The number of carbonyl (C=O) groups excluding carboxylic acids is 6. The van der Waals surface area contributed by atoms with Crippen LogP contribution < -0.4 is 0 Å². The van der Waals surface area contributed by atoms with Crippen LogP contribution in [0, 0.1) is 21.7 Å². The van der Waals surface area contributed by atoms with E-state index in [-0.39, 0.29) is 11.9 Å². The van der Waals surface area contributed by atoms with Gasteiger partial charge in [0.15, 0.2) is 0 Å². The third-order valence-corrected chi connectivity index (χ3v) is 4.52. The van der Waals surface area contributed by atoms with Crippen molar-refractivity contribution >= 4 is 35.8 Å². The van der Waals surface area contributed by atoms with Crippen LogP contribution >= 0.6 is 0 Å². The Morgan fingerprint density at radius 1 is 0.410 bits per heavy atom. The lowest BCUT2D eigenvalue weighted by Crippen LogP contribution is -2.31. The van der Waals surface area contributed by atoms with Gasteiger partial charge in [0, 0.05) is 12.8 Å². The number of ether oxygens (including phenoxy) is 3. The van der Waals surface area contributed by atoms with Crippen LogP contribution in [0.3, 0.4) is 0 Å². The number of rotatable bonds is 6. The van der Waals surface area contributed by atoms with Gasteiger partial charge in [-0.25, -0.2) is 0 Å². The minimum Gasteiger partial charge on any atom is -0.393 e. The predicted molar refractivity (Wildman–Crippen MR) is 150 cm³/mol. The summed E-state index contributed by atoms with van der Waals surface area (Å²) < 4.78 is 14.0. The Kier molecular flexibility index (Phi) is 18.8. The van der Waals surface area contributed by atoms with E-state index in [2.05, 4.69) is 4.74 Å². The Labute approximate surface area is 236 Å². The Morgan fingerprint density at radius 3 is 0.769 bits per heavy atom. The third kappa shape index (κ3) is 23.1. The maximum Gasteiger partial charge on any atom is 0.318 e. The molecule has 0 aliphatic heterocycles. The second-order valence-electron chi connectivity index (χ2n) is 13.4. The highest BCUT2D eigenvalue weighted by Gasteiger charge is 2.32. The summed E-state index contributed by atoms with van der Waals surface area (Å²) >= 11 is 0. The first-order valence-corrected chi connectivity index (χ1v) is 13.6. The molecule has 0 heterocycles. The number of hydrogen-bond donors (Lipinski definition) is 0. The van der Waals surface area contributed by atoms with E-state index in [4.69, 9.17) is 9.47 Å². The lowest BCUT2D eigenvalue weighted by Gasteiger charge is -2.20. The first-order valence-electron chi connectivity index (χ1n) is 13.6. The van der Waals surface area contributed by atoms with Crippen molar-refractivity contribution in [3.8, 4) is 0 Å². The lowest BCUT2D eigenvalue weighted by atomic mass is 9.95. The summed E-state index contributed by atoms with van der Waals surface area (Å²) in [5, 5.41) is 0. The number of hydrogen-bond acceptors (Lipinski definition) is 9. The van der Waals surface area contributed by atoms with Crippen molar-refractivity contribution in [3.63, 3.8) is 0 Å². The summed E-state index contributed by atoms with van der Waals surface area (Å²) in [5.74, 6) is -2.69. The molecule has 0 aromatic heterocycles. The van der Waals surface area contributed by atoms with Crippen molar-refractivity contribution in [1.82, 2.24) is 0 Å². The van der Waals surface area contributed by atoms with E-state index in [1.54, 1.807) is 83.1 Å². The Bertz CT molecular complexity index is 695. The fourth-order valence-electron chi connectivity index (χ4n) is 1.65. The molecule has 0 rings (SSSR count). The maximum absolute atomic E-state index is 11.3. The van der Waals surface area contributed by atoms with Gasteiger partial charge in [0.1, 0.15) is 0 Å². The quantitative estimate of drug-likeness (QED) is 0.198. The van der Waals surface area contributed by atoms with Crippen molar-refractivity contribution in [3.05, 3.63) is 0 Å². The van der Waals surface area contributed by atoms with Gasteiger partial charge < -0.3 is 14.2 Å². The molecule has 0 amide bonds. The van der Waals surface area contributed by atoms with Gasteiger partial charge in [0.2, 0.25) is 0 Å². The lowest BCUT2D eigenvalue weighted by molar-refractivity contribution is -0.172. The van der Waals surface area contributed by atoms with Gasteiger partial charge in [-0.2, -0.15) is 0 Å². The molecule has 0 fully saturated rings. The topological polar surface area (TPSA) is 130 Å². The van der Waals surface area contributed by atoms with Crippen molar-refractivity contribution in [2.24, 2.45) is 21.7 Å². The molecule has 0 bridgehead atoms. The summed E-state index contributed by atoms with van der Waals surface area (Å²) in [7, 11) is 0. The third-order valence-electron chi connectivity index (χ3n) is 4.52. The molecular weight excluding hydrogens is 504 g/mol. The maximum atomic E-state index is 11.3. The fourth-order valence-corrected chi connectivity index (χ4v) is 1.65. The van der Waals surface area contributed by atoms with E-state index in [0.29, 0.717) is 12.8 Å². The van der Waals surface area contributed by atoms with Gasteiger partial charge in [-0.3, -0.25) is 28.8 Å². The molecule has 0 aromatic rings. The molecule has 0 saturated heterocycles. The summed E-state index contributed by atoms with van der Waals surface area (Å²) in [5.41, 5.74) is -2.50. The summed E-state index contributed by atoms with van der Waals surface area (Å²) in [4.78, 5) is 67.0. The Morgan fingerprint density at radius 2 is 0.615 bits per heavy atom. The SMILES string of the molecule is CC(C)(C)C(=O)OC(=O)C(C)(C)C.CC(C)(C)C(=O)OC(=O)C(C)(C)C.CCCCC(=O)OC(=O)CCCC. The summed E-state index contributed by atoms with van der Waals surface area (Å²) in [6.07, 6.45) is 4.18. The second kappa shape index (κ2) is 17.9. The smallest absolute Gasteiger partial charge is 0.318 e. The van der Waals surface area contributed by atoms with Crippen LogP contribution in [0.4, 0.5) is 0 Å². The second-order valence-corrected chi connectivity index (χ2v) is 13.4. The first-order chi connectivity index (χ1) is 17.3. The largest absolute Gasteiger partial charge is 0.393 e. The first kappa shape index (κ1) is 40.9. The molecule has 0 spiro atoms. The van der Waals surface area contributed by atoms with E-state index < -0.39 is 45.5 Å². The average Bonchev–Trinajstić information content (AvgIpc) is 2.74. The molecule has 9 nitrogen and oxygen atoms in total. The van der Waals surface area contributed by atoms with Gasteiger partial charge in [0.05, 0.1) is 21.7 Å². The highest BCUT2D eigenvalue weighted by atomic mass is 16.6. The Hall–Kier alpha value is -2.58. The Balaban J connectivity index is -0.000000498. The summed E-state index contributed by atoms with van der Waals surface area (Å²) in [6, 6.07) is 0. The number of carbonyl (C=O) groups is 6. The molecule has 0 aliphatic carbocycles. The molecule has 9 heteroatoms. The molecule has 0 aliphatic rings. The molecule has 0 unspecified atom stereocenters. The monoisotopic (exact) mass is 558 g/mol. The number of esters is 6. The average molecular weight is 559 g/mol. The van der Waals surface area contributed by atoms with Gasteiger partial charge in [0.25, 0.3) is 0 Å². The normalized spacial score (nSPS) is 11.5. The van der Waals surface area contributed by atoms with Crippen LogP contribution in [0.5, 0.6) is 0 Å². The van der Waals surface area contributed by atoms with E-state index in [9.17, 15) is 28.8 Å². The van der Waals surface area contributed by atoms with Crippen LogP contribution in [-0.2, 0) is 43.0 Å². The van der Waals surface area contributed by atoms with Gasteiger partial charge in [-0.05, 0) is 95.9 Å². The molecule has 228 valence electrons. The van der Waals surface area contributed by atoms with E-state index >= 15 is 0 Å². The molecule has 39 heavy (non-hydrogen) atoms. The van der Waals surface area contributed by atoms with Crippen LogP contribution in [0.25, 0.3) is 0 Å². The van der Waals surface area contributed by atoms with Crippen LogP contribution in [0.2, 0.25) is 0 Å². The molecule has 0 N–H and O–H groups in total. The van der Waals surface area contributed by atoms with Gasteiger partial charge >= 0.3 is 35.8 Å². The zero-order chi connectivity index (χ0) is 31.8. The highest BCUT2D eigenvalue weighted by molar-refractivity contribution is 5.91. The molecule has 0 saturated carbocycles. The summed E-state index contributed by atoms with van der Waals surface area (Å²) in [6.45, 7) is 24.5. The van der Waals surface area contributed by atoms with Gasteiger partial charge in [-0.15, -0.1) is 0 Å². The predicted octanol–water partition coefficient (Wildman–Crippen LogP) is 6.73. The highest BCUT2D eigenvalue weighted by Crippen LogP contribution is 2.21. The zero-order valence-corrected chi connectivity index (χ0v) is 26.9. The molecule has 0 aromatic carbocycles. The van der Waals surface area contributed by atoms with Crippen molar-refractivity contribution < 1.29 is 43.0 Å². The standard InChI is InChI=1S/3C10H18O3/c2*1-9(2,3)7(11)13-8(12)10(4,5)6;1-3-5-7-9(11)13-10(12)8-6-4-2/h2*1-6H3;3-8H2,1-2H3. The minimum absolute atomic E-state index is 0.356. The van der Waals surface area contributed by atoms with Crippen LogP contribution in [0.1, 0.15) is 135 Å². The minimum atomic E-state index is -0.624. The molecule has 0 atom stereocenters. The van der Waals surface area contributed by atoms with Crippen LogP contribution in [0.15, 0.2) is 0 Å². The van der Waals surface area contributed by atoms with Crippen molar-refractivity contribution in [2.45, 2.75) is 135 Å². The zero-order valence-electron chi connectivity index (χ0n) is 26.9. The van der Waals surface area contributed by atoms with Gasteiger partial charge in [-0.1, -0.05) is 26.7 Å². The number of unbranched alkanes of at least 4 members (excludes halogenated alkanes) is 2. The van der Waals surface area contributed by atoms with E-state index in [1.807, 2.05) is 13.8 Å². The molecular formula is C30H54O9. The van der Waals surface area contributed by atoms with Crippen molar-refractivity contribution in [2.75, 3.05) is 0 Å². The van der Waals surface area contributed by atoms with Crippen LogP contribution in [-0.4, -0.2) is 35.8 Å². The van der Waals surface area contributed by atoms with E-state index in [0.717, 1.165) is 25.7 Å². The fraction of sp³-hybridized carbons (Fsp3) is 0.800.